The van der Waals surface area contributed by atoms with E-state index in [1.54, 1.807) is 26.4 Å². The number of carbonyl (C=O) groups excluding carboxylic acids is 1. The van der Waals surface area contributed by atoms with Crippen LogP contribution in [0.4, 0.5) is 0 Å². The van der Waals surface area contributed by atoms with E-state index in [1.165, 1.54) is 0 Å². The van der Waals surface area contributed by atoms with Gasteiger partial charge in [0, 0.05) is 7.11 Å². The summed E-state index contributed by atoms with van der Waals surface area (Å²) in [7, 11) is 3.21. The first kappa shape index (κ1) is 17.1. The minimum Gasteiger partial charge on any atom is -0.497 e. The lowest BCUT2D eigenvalue weighted by Gasteiger charge is -2.22. The number of furan rings is 1. The molecule has 0 bridgehead atoms. The van der Waals surface area contributed by atoms with Gasteiger partial charge in [0.25, 0.3) is 5.91 Å². The number of amides is 1. The van der Waals surface area contributed by atoms with Crippen LogP contribution in [0.5, 0.6) is 5.75 Å². The Morgan fingerprint density at radius 3 is 2.39 bits per heavy atom. The Labute approximate surface area is 136 Å². The van der Waals surface area contributed by atoms with Crippen molar-refractivity contribution in [1.82, 2.24) is 5.32 Å². The molecule has 1 amide bonds. The van der Waals surface area contributed by atoms with Crippen molar-refractivity contribution in [2.75, 3.05) is 14.2 Å². The van der Waals surface area contributed by atoms with Crippen molar-refractivity contribution in [3.05, 3.63) is 53.5 Å². The zero-order valence-electron chi connectivity index (χ0n) is 14.0. The lowest BCUT2D eigenvalue weighted by atomic mass is 9.96. The second-order valence-corrected chi connectivity index (χ2v) is 5.67. The maximum absolute atomic E-state index is 12.4. The number of hydrogen-bond donors (Lipinski definition) is 1. The van der Waals surface area contributed by atoms with Crippen LogP contribution in [-0.4, -0.2) is 20.1 Å². The van der Waals surface area contributed by atoms with E-state index in [0.29, 0.717) is 12.4 Å². The number of carbonyl (C=O) groups is 1. The zero-order chi connectivity index (χ0) is 16.8. The third-order valence-corrected chi connectivity index (χ3v) is 3.60. The third-order valence-electron chi connectivity index (χ3n) is 3.60. The van der Waals surface area contributed by atoms with E-state index in [0.717, 1.165) is 11.3 Å². The summed E-state index contributed by atoms with van der Waals surface area (Å²) < 4.78 is 15.6. The minimum absolute atomic E-state index is 0.107. The summed E-state index contributed by atoms with van der Waals surface area (Å²) in [6.07, 6.45) is 0. The number of hydrogen-bond acceptors (Lipinski definition) is 4. The lowest BCUT2D eigenvalue weighted by molar-refractivity contribution is 0.0889. The van der Waals surface area contributed by atoms with Gasteiger partial charge in [0.2, 0.25) is 0 Å². The van der Waals surface area contributed by atoms with Crippen LogP contribution in [0.25, 0.3) is 0 Å². The Morgan fingerprint density at radius 2 is 1.83 bits per heavy atom. The highest BCUT2D eigenvalue weighted by Crippen LogP contribution is 2.24. The van der Waals surface area contributed by atoms with Crippen LogP contribution in [0.3, 0.4) is 0 Å². The average Bonchev–Trinajstić information content (AvgIpc) is 3.01. The normalized spacial score (nSPS) is 12.2. The molecule has 1 N–H and O–H groups in total. The molecule has 0 saturated heterocycles. The molecule has 1 aromatic carbocycles. The number of methoxy groups -OCH3 is 2. The topological polar surface area (TPSA) is 60.7 Å². The molecule has 0 fully saturated rings. The molecule has 1 atom stereocenters. The van der Waals surface area contributed by atoms with E-state index < -0.39 is 0 Å². The summed E-state index contributed by atoms with van der Waals surface area (Å²) in [6, 6.07) is 11.0. The molecule has 0 aliphatic carbocycles. The number of ether oxygens (including phenoxy) is 2. The molecule has 0 aliphatic rings. The van der Waals surface area contributed by atoms with Crippen molar-refractivity contribution in [1.29, 1.82) is 0 Å². The molecule has 5 heteroatoms. The smallest absolute Gasteiger partial charge is 0.287 e. The van der Waals surface area contributed by atoms with E-state index in [4.69, 9.17) is 13.9 Å². The molecular formula is C18H23NO4. The molecular weight excluding hydrogens is 294 g/mol. The summed E-state index contributed by atoms with van der Waals surface area (Å²) in [4.78, 5) is 12.4. The average molecular weight is 317 g/mol. The van der Waals surface area contributed by atoms with Gasteiger partial charge in [-0.2, -0.15) is 0 Å². The maximum Gasteiger partial charge on any atom is 0.287 e. The third kappa shape index (κ3) is 4.36. The van der Waals surface area contributed by atoms with E-state index in [9.17, 15) is 4.79 Å². The molecule has 0 saturated carbocycles. The maximum atomic E-state index is 12.4. The Balaban J connectivity index is 2.12. The van der Waals surface area contributed by atoms with Crippen LogP contribution < -0.4 is 10.1 Å². The van der Waals surface area contributed by atoms with Crippen molar-refractivity contribution < 1.29 is 18.7 Å². The largest absolute Gasteiger partial charge is 0.497 e. The van der Waals surface area contributed by atoms with Gasteiger partial charge in [0.15, 0.2) is 5.76 Å². The quantitative estimate of drug-likeness (QED) is 0.848. The fourth-order valence-corrected chi connectivity index (χ4v) is 2.38. The minimum atomic E-state index is -0.234. The van der Waals surface area contributed by atoms with Crippen LogP contribution in [0.2, 0.25) is 0 Å². The second-order valence-electron chi connectivity index (χ2n) is 5.67. The van der Waals surface area contributed by atoms with Crippen molar-refractivity contribution >= 4 is 5.91 Å². The van der Waals surface area contributed by atoms with Gasteiger partial charge < -0.3 is 19.2 Å². The van der Waals surface area contributed by atoms with Gasteiger partial charge in [0.05, 0.1) is 13.2 Å². The molecule has 1 aromatic heterocycles. The summed E-state index contributed by atoms with van der Waals surface area (Å²) >= 11 is 0. The van der Waals surface area contributed by atoms with Gasteiger partial charge >= 0.3 is 0 Å². The summed E-state index contributed by atoms with van der Waals surface area (Å²) in [5, 5.41) is 3.03. The number of rotatable bonds is 7. The van der Waals surface area contributed by atoms with E-state index in [1.807, 2.05) is 24.3 Å². The van der Waals surface area contributed by atoms with Gasteiger partial charge in [-0.25, -0.2) is 0 Å². The number of nitrogens with one attached hydrogen (secondary N) is 1. The predicted octanol–water partition coefficient (Wildman–Crippen LogP) is 3.56. The van der Waals surface area contributed by atoms with Crippen LogP contribution >= 0.6 is 0 Å². The van der Waals surface area contributed by atoms with Crippen molar-refractivity contribution in [2.24, 2.45) is 5.92 Å². The summed E-state index contributed by atoms with van der Waals surface area (Å²) in [6.45, 7) is 4.47. The molecule has 5 nitrogen and oxygen atoms in total. The highest BCUT2D eigenvalue weighted by Gasteiger charge is 2.21. The monoisotopic (exact) mass is 317 g/mol. The van der Waals surface area contributed by atoms with E-state index in [2.05, 4.69) is 19.2 Å². The van der Waals surface area contributed by atoms with Crippen LogP contribution in [0, 0.1) is 5.92 Å². The molecule has 124 valence electrons. The molecule has 23 heavy (non-hydrogen) atoms. The summed E-state index contributed by atoms with van der Waals surface area (Å²) in [5.41, 5.74) is 1.03. The molecule has 1 heterocycles. The highest BCUT2D eigenvalue weighted by atomic mass is 16.5. The van der Waals surface area contributed by atoms with Gasteiger partial charge in [0.1, 0.15) is 18.1 Å². The molecule has 2 rings (SSSR count). The van der Waals surface area contributed by atoms with E-state index >= 15 is 0 Å². The van der Waals surface area contributed by atoms with Gasteiger partial charge in [-0.15, -0.1) is 0 Å². The zero-order valence-corrected chi connectivity index (χ0v) is 14.0. The van der Waals surface area contributed by atoms with Crippen molar-refractivity contribution in [3.63, 3.8) is 0 Å². The Bertz CT molecular complexity index is 631. The van der Waals surface area contributed by atoms with Gasteiger partial charge in [-0.3, -0.25) is 4.79 Å². The molecule has 2 aromatic rings. The standard InChI is InChI=1S/C18H23NO4/c1-12(2)17(13-5-7-14(22-4)8-6-13)19-18(20)16-10-9-15(23-16)11-21-3/h5-10,12,17H,11H2,1-4H3,(H,19,20). The Morgan fingerprint density at radius 1 is 1.13 bits per heavy atom. The SMILES string of the molecule is COCc1ccc(C(=O)NC(c2ccc(OC)cc2)C(C)C)o1. The van der Waals surface area contributed by atoms with Crippen molar-refractivity contribution in [3.8, 4) is 5.75 Å². The molecule has 0 radical (unpaired) electrons. The first-order chi connectivity index (χ1) is 11.0. The first-order valence-electron chi connectivity index (χ1n) is 7.57. The second kappa shape index (κ2) is 7.83. The fourth-order valence-electron chi connectivity index (χ4n) is 2.38. The molecule has 1 unspecified atom stereocenters. The Kier molecular flexibility index (Phi) is 5.82. The van der Waals surface area contributed by atoms with Crippen LogP contribution in [0.1, 0.15) is 41.8 Å². The van der Waals surface area contributed by atoms with Crippen LogP contribution in [-0.2, 0) is 11.3 Å². The predicted molar refractivity (Wildman–Crippen MR) is 87.5 cm³/mol. The van der Waals surface area contributed by atoms with E-state index in [-0.39, 0.29) is 23.6 Å². The molecule has 0 spiro atoms. The van der Waals surface area contributed by atoms with Gasteiger partial charge in [-0.05, 0) is 35.7 Å². The lowest BCUT2D eigenvalue weighted by Crippen LogP contribution is -2.31. The fraction of sp³-hybridized carbons (Fsp3) is 0.389. The first-order valence-corrected chi connectivity index (χ1v) is 7.57. The van der Waals surface area contributed by atoms with Gasteiger partial charge in [-0.1, -0.05) is 26.0 Å². The molecule has 0 aliphatic heterocycles. The number of benzene rings is 1. The highest BCUT2D eigenvalue weighted by molar-refractivity contribution is 5.91. The summed E-state index contributed by atoms with van der Waals surface area (Å²) in [5.74, 6) is 1.71. The Hall–Kier alpha value is -2.27. The van der Waals surface area contributed by atoms with Crippen molar-refractivity contribution in [2.45, 2.75) is 26.5 Å². The van der Waals surface area contributed by atoms with Crippen LogP contribution in [0.15, 0.2) is 40.8 Å².